The van der Waals surface area contributed by atoms with Crippen molar-refractivity contribution in [1.82, 2.24) is 0 Å². The molecule has 0 aliphatic rings. The Morgan fingerprint density at radius 2 is 1.56 bits per heavy atom. The van der Waals surface area contributed by atoms with Crippen LogP contribution < -0.4 is 0 Å². The molecule has 0 bridgehead atoms. The molecule has 0 aliphatic carbocycles. The van der Waals surface area contributed by atoms with Crippen LogP contribution in [0, 0.1) is 0 Å². The van der Waals surface area contributed by atoms with Crippen LogP contribution in [-0.4, -0.2) is 10.2 Å². The van der Waals surface area contributed by atoms with Crippen LogP contribution >= 0.6 is 0 Å². The maximum atomic E-state index is 9.42. The lowest BCUT2D eigenvalue weighted by atomic mass is 10.0. The fourth-order valence-corrected chi connectivity index (χ4v) is 1.73. The third-order valence-corrected chi connectivity index (χ3v) is 2.57. The van der Waals surface area contributed by atoms with E-state index < -0.39 is 0 Å². The number of phenolic OH excluding ortho intramolecular Hbond substituents is 2. The molecule has 2 aromatic carbocycles. The van der Waals surface area contributed by atoms with Crippen molar-refractivity contribution in [2.24, 2.45) is 0 Å². The number of aryl methyl sites for hydroxylation is 1. The molecule has 0 spiro atoms. The van der Waals surface area contributed by atoms with Crippen molar-refractivity contribution >= 4 is 0 Å². The van der Waals surface area contributed by atoms with Gasteiger partial charge in [-0.3, -0.25) is 0 Å². The van der Waals surface area contributed by atoms with Gasteiger partial charge in [-0.2, -0.15) is 0 Å². The van der Waals surface area contributed by atoms with Crippen molar-refractivity contribution in [3.05, 3.63) is 48.0 Å². The molecule has 2 N–H and O–H groups in total. The summed E-state index contributed by atoms with van der Waals surface area (Å²) in [7, 11) is 0. The van der Waals surface area contributed by atoms with Gasteiger partial charge in [-0.05, 0) is 35.2 Å². The van der Waals surface area contributed by atoms with Crippen LogP contribution in [0.1, 0.15) is 12.5 Å². The SMILES string of the molecule is CCc1cccc(-c2cc(O)cc(O)c2)c1. The normalized spacial score (nSPS) is 10.3. The first kappa shape index (κ1) is 10.6. The molecule has 0 amide bonds. The molecular weight excluding hydrogens is 200 g/mol. The second kappa shape index (κ2) is 4.27. The smallest absolute Gasteiger partial charge is 0.119 e. The molecule has 0 saturated carbocycles. The Morgan fingerprint density at radius 3 is 2.19 bits per heavy atom. The number of phenols is 2. The van der Waals surface area contributed by atoms with E-state index in [1.54, 1.807) is 12.1 Å². The second-order valence-electron chi connectivity index (χ2n) is 3.79. The third kappa shape index (κ3) is 2.16. The Kier molecular flexibility index (Phi) is 2.82. The summed E-state index contributed by atoms with van der Waals surface area (Å²) in [6.07, 6.45) is 0.971. The molecule has 0 radical (unpaired) electrons. The first-order valence-corrected chi connectivity index (χ1v) is 5.31. The lowest BCUT2D eigenvalue weighted by Crippen LogP contribution is -1.82. The Hall–Kier alpha value is -1.96. The Morgan fingerprint density at radius 1 is 0.875 bits per heavy atom. The van der Waals surface area contributed by atoms with E-state index in [9.17, 15) is 10.2 Å². The lowest BCUT2D eigenvalue weighted by Gasteiger charge is -2.05. The van der Waals surface area contributed by atoms with E-state index in [1.165, 1.54) is 11.6 Å². The number of rotatable bonds is 2. The van der Waals surface area contributed by atoms with Gasteiger partial charge in [-0.25, -0.2) is 0 Å². The largest absolute Gasteiger partial charge is 0.508 e. The van der Waals surface area contributed by atoms with Gasteiger partial charge in [-0.1, -0.05) is 31.2 Å². The average molecular weight is 214 g/mol. The summed E-state index contributed by atoms with van der Waals surface area (Å²) < 4.78 is 0. The molecule has 82 valence electrons. The van der Waals surface area contributed by atoms with Gasteiger partial charge >= 0.3 is 0 Å². The molecule has 0 saturated heterocycles. The molecule has 2 heteroatoms. The van der Waals surface area contributed by atoms with Gasteiger partial charge in [0, 0.05) is 6.07 Å². The quantitative estimate of drug-likeness (QED) is 0.805. The summed E-state index contributed by atoms with van der Waals surface area (Å²) in [5, 5.41) is 18.8. The number of hydrogen-bond donors (Lipinski definition) is 2. The molecule has 0 fully saturated rings. The van der Waals surface area contributed by atoms with Crippen LogP contribution in [0.25, 0.3) is 11.1 Å². The second-order valence-corrected chi connectivity index (χ2v) is 3.79. The number of hydrogen-bond acceptors (Lipinski definition) is 2. The highest BCUT2D eigenvalue weighted by Crippen LogP contribution is 2.28. The Bertz CT molecular complexity index is 484. The molecule has 16 heavy (non-hydrogen) atoms. The van der Waals surface area contributed by atoms with Crippen molar-refractivity contribution in [3.63, 3.8) is 0 Å². The van der Waals surface area contributed by atoms with Crippen LogP contribution in [0.3, 0.4) is 0 Å². The minimum absolute atomic E-state index is 0.0805. The van der Waals surface area contributed by atoms with E-state index in [-0.39, 0.29) is 11.5 Å². The highest BCUT2D eigenvalue weighted by Gasteiger charge is 2.02. The predicted molar refractivity (Wildman–Crippen MR) is 64.6 cm³/mol. The van der Waals surface area contributed by atoms with E-state index in [1.807, 2.05) is 12.1 Å². The van der Waals surface area contributed by atoms with Crippen molar-refractivity contribution in [2.45, 2.75) is 13.3 Å². The zero-order chi connectivity index (χ0) is 11.5. The number of aromatic hydroxyl groups is 2. The van der Waals surface area contributed by atoms with Gasteiger partial charge < -0.3 is 10.2 Å². The van der Waals surface area contributed by atoms with Crippen molar-refractivity contribution in [3.8, 4) is 22.6 Å². The van der Waals surface area contributed by atoms with Gasteiger partial charge in [0.15, 0.2) is 0 Å². The van der Waals surface area contributed by atoms with Crippen molar-refractivity contribution in [1.29, 1.82) is 0 Å². The van der Waals surface area contributed by atoms with E-state index in [0.29, 0.717) is 0 Å². The molecule has 0 atom stereocenters. The van der Waals surface area contributed by atoms with E-state index >= 15 is 0 Å². The maximum Gasteiger partial charge on any atom is 0.119 e. The first-order valence-electron chi connectivity index (χ1n) is 5.31. The van der Waals surface area contributed by atoms with Crippen molar-refractivity contribution < 1.29 is 10.2 Å². The maximum absolute atomic E-state index is 9.42. The van der Waals surface area contributed by atoms with Crippen molar-refractivity contribution in [2.75, 3.05) is 0 Å². The van der Waals surface area contributed by atoms with E-state index in [4.69, 9.17) is 0 Å². The van der Waals surface area contributed by atoms with Crippen LogP contribution in [0.4, 0.5) is 0 Å². The van der Waals surface area contributed by atoms with Gasteiger partial charge in [-0.15, -0.1) is 0 Å². The molecular formula is C14H14O2. The zero-order valence-electron chi connectivity index (χ0n) is 9.14. The highest BCUT2D eigenvalue weighted by atomic mass is 16.3. The summed E-state index contributed by atoms with van der Waals surface area (Å²) in [5.74, 6) is 0.161. The standard InChI is InChI=1S/C14H14O2/c1-2-10-4-3-5-11(6-10)12-7-13(15)9-14(16)8-12/h3-9,15-16H,2H2,1H3. The number of benzene rings is 2. The van der Waals surface area contributed by atoms with Gasteiger partial charge in [0.1, 0.15) is 11.5 Å². The Labute approximate surface area is 94.8 Å². The summed E-state index contributed by atoms with van der Waals surface area (Å²) in [4.78, 5) is 0. The zero-order valence-corrected chi connectivity index (χ0v) is 9.14. The molecule has 2 aromatic rings. The fraction of sp³-hybridized carbons (Fsp3) is 0.143. The van der Waals surface area contributed by atoms with E-state index in [2.05, 4.69) is 19.1 Å². The molecule has 0 aliphatic heterocycles. The first-order chi connectivity index (χ1) is 7.69. The lowest BCUT2D eigenvalue weighted by molar-refractivity contribution is 0.451. The van der Waals surface area contributed by atoms with Crippen LogP contribution in [-0.2, 0) is 6.42 Å². The topological polar surface area (TPSA) is 40.5 Å². The average Bonchev–Trinajstić information content (AvgIpc) is 2.28. The minimum Gasteiger partial charge on any atom is -0.508 e. The minimum atomic E-state index is 0.0805. The summed E-state index contributed by atoms with van der Waals surface area (Å²) in [5.41, 5.74) is 3.07. The van der Waals surface area contributed by atoms with Crippen LogP contribution in [0.5, 0.6) is 11.5 Å². The van der Waals surface area contributed by atoms with Gasteiger partial charge in [0.2, 0.25) is 0 Å². The highest BCUT2D eigenvalue weighted by molar-refractivity contribution is 5.67. The predicted octanol–water partition coefficient (Wildman–Crippen LogP) is 3.33. The molecule has 2 nitrogen and oxygen atoms in total. The summed E-state index contributed by atoms with van der Waals surface area (Å²) in [6, 6.07) is 12.7. The summed E-state index contributed by atoms with van der Waals surface area (Å²) >= 11 is 0. The van der Waals surface area contributed by atoms with Gasteiger partial charge in [0.05, 0.1) is 0 Å². The third-order valence-electron chi connectivity index (χ3n) is 2.57. The molecule has 0 heterocycles. The summed E-state index contributed by atoms with van der Waals surface area (Å²) in [6.45, 7) is 2.10. The monoisotopic (exact) mass is 214 g/mol. The van der Waals surface area contributed by atoms with Gasteiger partial charge in [0.25, 0.3) is 0 Å². The fourth-order valence-electron chi connectivity index (χ4n) is 1.73. The molecule has 0 aromatic heterocycles. The van der Waals surface area contributed by atoms with Crippen LogP contribution in [0.15, 0.2) is 42.5 Å². The van der Waals surface area contributed by atoms with Crippen LogP contribution in [0.2, 0.25) is 0 Å². The van der Waals surface area contributed by atoms with E-state index in [0.717, 1.165) is 17.5 Å². The molecule has 2 rings (SSSR count). The molecule has 0 unspecified atom stereocenters. The Balaban J connectivity index is 2.49.